The summed E-state index contributed by atoms with van der Waals surface area (Å²) in [7, 11) is 0. The van der Waals surface area contributed by atoms with Gasteiger partial charge in [0.25, 0.3) is 0 Å². The molecule has 0 bridgehead atoms. The van der Waals surface area contributed by atoms with E-state index < -0.39 is 0 Å². The maximum atomic E-state index is 4.93. The van der Waals surface area contributed by atoms with Gasteiger partial charge in [-0.15, -0.1) is 22.7 Å². The molecule has 3 nitrogen and oxygen atoms in total. The van der Waals surface area contributed by atoms with Crippen molar-refractivity contribution >= 4 is 28.4 Å². The second-order valence-corrected chi connectivity index (χ2v) is 6.62. The van der Waals surface area contributed by atoms with Crippen LogP contribution in [0.5, 0.6) is 0 Å². The first kappa shape index (κ1) is 16.2. The van der Waals surface area contributed by atoms with Gasteiger partial charge >= 0.3 is 0 Å². The molecule has 114 valence electrons. The summed E-state index contributed by atoms with van der Waals surface area (Å²) in [6.07, 6.45) is 4.40. The summed E-state index contributed by atoms with van der Waals surface area (Å²) < 4.78 is 2.04. The Balaban J connectivity index is 2.51. The lowest BCUT2D eigenvalue weighted by atomic mass is 10.1. The van der Waals surface area contributed by atoms with Crippen LogP contribution in [0.3, 0.4) is 0 Å². The molecule has 2 heterocycles. The summed E-state index contributed by atoms with van der Waals surface area (Å²) in [6, 6.07) is 4.23. The van der Waals surface area contributed by atoms with Gasteiger partial charge in [-0.1, -0.05) is 32.8 Å². The molecule has 0 aliphatic heterocycles. The minimum Gasteiger partial charge on any atom is -0.258 e. The number of aromatic nitrogens is 1. The first-order valence-corrected chi connectivity index (χ1v) is 9.37. The number of thiophene rings is 1. The van der Waals surface area contributed by atoms with Gasteiger partial charge in [-0.05, 0) is 31.2 Å². The molecule has 0 fully saturated rings. The topological polar surface area (TPSA) is 29.6 Å². The molecule has 0 aliphatic carbocycles. The Morgan fingerprint density at radius 2 is 1.90 bits per heavy atom. The Bertz CT molecular complexity index is 625. The molecule has 0 spiro atoms. The Hall–Kier alpha value is -1.20. The zero-order chi connectivity index (χ0) is 15.1. The van der Waals surface area contributed by atoms with Gasteiger partial charge in [0.15, 0.2) is 0 Å². The summed E-state index contributed by atoms with van der Waals surface area (Å²) in [5, 5.41) is 9.20. The quantitative estimate of drug-likeness (QED) is 0.642. The van der Waals surface area contributed by atoms with E-state index in [4.69, 9.17) is 5.10 Å². The lowest BCUT2D eigenvalue weighted by Gasteiger charge is -2.06. The minimum atomic E-state index is 0.788. The van der Waals surface area contributed by atoms with E-state index in [9.17, 15) is 0 Å². The van der Waals surface area contributed by atoms with Crippen molar-refractivity contribution in [1.29, 1.82) is 0 Å². The third-order valence-electron chi connectivity index (χ3n) is 3.07. The fraction of sp³-hybridized carbons (Fsp3) is 0.500. The van der Waals surface area contributed by atoms with Crippen molar-refractivity contribution in [2.75, 3.05) is 6.54 Å². The van der Waals surface area contributed by atoms with E-state index in [2.05, 4.69) is 48.7 Å². The highest BCUT2D eigenvalue weighted by atomic mass is 32.1. The zero-order valence-corrected chi connectivity index (χ0v) is 14.6. The van der Waals surface area contributed by atoms with E-state index in [1.54, 1.807) is 22.7 Å². The van der Waals surface area contributed by atoms with Crippen molar-refractivity contribution in [3.63, 3.8) is 0 Å². The van der Waals surface area contributed by atoms with Gasteiger partial charge in [-0.25, -0.2) is 4.68 Å². The van der Waals surface area contributed by atoms with Gasteiger partial charge in [-0.2, -0.15) is 5.10 Å². The normalized spacial score (nSPS) is 11.9. The van der Waals surface area contributed by atoms with E-state index in [0.717, 1.165) is 42.7 Å². The second-order valence-electron chi connectivity index (χ2n) is 4.83. The van der Waals surface area contributed by atoms with Crippen LogP contribution in [0.25, 0.3) is 10.6 Å². The van der Waals surface area contributed by atoms with Crippen LogP contribution in [0.4, 0.5) is 0 Å². The molecule has 0 atom stereocenters. The van der Waals surface area contributed by atoms with Crippen molar-refractivity contribution in [3.05, 3.63) is 27.7 Å². The maximum Gasteiger partial charge on any atom is 0.206 e. The van der Waals surface area contributed by atoms with Gasteiger partial charge in [0.05, 0.1) is 10.6 Å². The van der Waals surface area contributed by atoms with Gasteiger partial charge in [0.2, 0.25) is 4.80 Å². The van der Waals surface area contributed by atoms with Crippen molar-refractivity contribution in [3.8, 4) is 10.6 Å². The van der Waals surface area contributed by atoms with E-state index in [-0.39, 0.29) is 0 Å². The Morgan fingerprint density at radius 1 is 1.14 bits per heavy atom. The number of rotatable bonds is 7. The molecule has 0 N–H and O–H groups in total. The molecule has 0 saturated heterocycles. The van der Waals surface area contributed by atoms with Gasteiger partial charge in [0, 0.05) is 17.6 Å². The molecule has 0 radical (unpaired) electrons. The van der Waals surface area contributed by atoms with Gasteiger partial charge in [0.1, 0.15) is 0 Å². The van der Waals surface area contributed by atoms with E-state index in [0.29, 0.717) is 0 Å². The van der Waals surface area contributed by atoms with Crippen LogP contribution in [0.1, 0.15) is 46.5 Å². The van der Waals surface area contributed by atoms with Crippen LogP contribution in [-0.4, -0.2) is 16.9 Å². The molecule has 0 aliphatic rings. The van der Waals surface area contributed by atoms with Crippen LogP contribution in [-0.2, 0) is 0 Å². The molecule has 2 aromatic rings. The standard InChI is InChI=1S/C16H23N3S2/c1-4-8-13(9-5-2)18-19-14(15-10-7-11-20-15)12-21-16(19)17-6-3/h7,10-12H,4-6,8-9H2,1-3H3. The molecule has 0 unspecified atom stereocenters. The molecule has 2 rings (SSSR count). The SMILES string of the molecule is CCCC(CCC)=Nn1c(-c2cccs2)csc1=NCC. The predicted molar refractivity (Wildman–Crippen MR) is 94.4 cm³/mol. The van der Waals surface area contributed by atoms with Crippen molar-refractivity contribution < 1.29 is 0 Å². The molecular formula is C16H23N3S2. The third kappa shape index (κ3) is 4.14. The molecular weight excluding hydrogens is 298 g/mol. The van der Waals surface area contributed by atoms with Crippen molar-refractivity contribution in [2.45, 2.75) is 46.5 Å². The lowest BCUT2D eigenvalue weighted by molar-refractivity contribution is 0.799. The molecule has 2 aromatic heterocycles. The average molecular weight is 322 g/mol. The fourth-order valence-corrected chi connectivity index (χ4v) is 3.87. The maximum absolute atomic E-state index is 4.93. The molecule has 0 amide bonds. The summed E-state index contributed by atoms with van der Waals surface area (Å²) in [5.74, 6) is 0. The third-order valence-corrected chi connectivity index (χ3v) is 4.82. The Morgan fingerprint density at radius 3 is 2.48 bits per heavy atom. The van der Waals surface area contributed by atoms with E-state index in [1.165, 1.54) is 10.6 Å². The average Bonchev–Trinajstić information content (AvgIpc) is 3.10. The largest absolute Gasteiger partial charge is 0.258 e. The van der Waals surface area contributed by atoms with Crippen LogP contribution >= 0.6 is 22.7 Å². The van der Waals surface area contributed by atoms with Crippen molar-refractivity contribution in [2.24, 2.45) is 10.1 Å². The van der Waals surface area contributed by atoms with Gasteiger partial charge in [-0.3, -0.25) is 4.99 Å². The van der Waals surface area contributed by atoms with Crippen LogP contribution in [0.15, 0.2) is 33.0 Å². The monoisotopic (exact) mass is 321 g/mol. The van der Waals surface area contributed by atoms with Crippen LogP contribution in [0.2, 0.25) is 0 Å². The van der Waals surface area contributed by atoms with Crippen LogP contribution < -0.4 is 4.80 Å². The molecule has 0 saturated carbocycles. The Kier molecular flexibility index (Phi) is 6.39. The molecule has 0 aromatic carbocycles. The number of thiazole rings is 1. The first-order valence-electron chi connectivity index (χ1n) is 7.61. The number of hydrogen-bond donors (Lipinski definition) is 0. The summed E-state index contributed by atoms with van der Waals surface area (Å²) >= 11 is 3.42. The minimum absolute atomic E-state index is 0.788. The Labute approximate surface area is 134 Å². The van der Waals surface area contributed by atoms with E-state index >= 15 is 0 Å². The van der Waals surface area contributed by atoms with Crippen LogP contribution in [0, 0.1) is 0 Å². The highest BCUT2D eigenvalue weighted by molar-refractivity contribution is 7.14. The number of hydrogen-bond acceptors (Lipinski definition) is 4. The summed E-state index contributed by atoms with van der Waals surface area (Å²) in [5.41, 5.74) is 2.43. The smallest absolute Gasteiger partial charge is 0.206 e. The predicted octanol–water partition coefficient (Wildman–Crippen LogP) is 5.00. The highest BCUT2D eigenvalue weighted by Gasteiger charge is 2.09. The zero-order valence-electron chi connectivity index (χ0n) is 13.0. The fourth-order valence-electron chi connectivity index (χ4n) is 2.18. The lowest BCUT2D eigenvalue weighted by Crippen LogP contribution is -2.14. The molecule has 5 heteroatoms. The molecule has 21 heavy (non-hydrogen) atoms. The first-order chi connectivity index (χ1) is 10.3. The van der Waals surface area contributed by atoms with Gasteiger partial charge < -0.3 is 0 Å². The number of nitrogens with zero attached hydrogens (tertiary/aromatic N) is 3. The second kappa shape index (κ2) is 8.29. The van der Waals surface area contributed by atoms with E-state index in [1.807, 2.05) is 4.68 Å². The summed E-state index contributed by atoms with van der Waals surface area (Å²) in [4.78, 5) is 6.83. The summed E-state index contributed by atoms with van der Waals surface area (Å²) in [6.45, 7) is 7.27. The highest BCUT2D eigenvalue weighted by Crippen LogP contribution is 2.25. The van der Waals surface area contributed by atoms with Crippen molar-refractivity contribution in [1.82, 2.24) is 4.68 Å².